The predicted molar refractivity (Wildman–Crippen MR) is 74.6 cm³/mol. The van der Waals surface area contributed by atoms with Gasteiger partial charge in [0.25, 0.3) is 5.91 Å². The van der Waals surface area contributed by atoms with Gasteiger partial charge in [0, 0.05) is 5.02 Å². The maximum atomic E-state index is 14.1. The molecule has 2 N–H and O–H groups in total. The van der Waals surface area contributed by atoms with Crippen LogP contribution in [0.3, 0.4) is 0 Å². The Morgan fingerprint density at radius 3 is 1.90 bits per heavy atom. The molecule has 0 aromatic heterocycles. The highest BCUT2D eigenvalue weighted by atomic mass is 35.5. The van der Waals surface area contributed by atoms with Gasteiger partial charge in [0.15, 0.2) is 0 Å². The molecule has 172 valence electrons. The van der Waals surface area contributed by atoms with Gasteiger partial charge in [-0.25, -0.2) is 0 Å². The molecule has 0 radical (unpaired) electrons. The molecule has 6 nitrogen and oxygen atoms in total. The molecule has 1 aromatic carbocycles. The fraction of sp³-hybridized carbons (Fsp3) is 0.417. The summed E-state index contributed by atoms with van der Waals surface area (Å²) in [7, 11) is 0. The number of halogens is 12. The minimum absolute atomic E-state index is 0.396. The molecule has 0 fully saturated rings. The summed E-state index contributed by atoms with van der Waals surface area (Å²) in [5.41, 5.74) is -2.45. The van der Waals surface area contributed by atoms with Crippen LogP contribution in [0.5, 0.6) is 0 Å². The minimum atomic E-state index is -7.36. The maximum Gasteiger partial charge on any atom is 0.462 e. The zero-order valence-corrected chi connectivity index (χ0v) is 14.1. The van der Waals surface area contributed by atoms with Gasteiger partial charge in [-0.2, -0.15) is 48.3 Å². The molecule has 30 heavy (non-hydrogen) atoms. The van der Waals surface area contributed by atoms with Crippen molar-refractivity contribution in [1.82, 2.24) is 0 Å². The van der Waals surface area contributed by atoms with Crippen LogP contribution in [0.2, 0.25) is 5.02 Å². The van der Waals surface area contributed by atoms with E-state index in [0.717, 1.165) is 5.32 Å². The second-order valence-electron chi connectivity index (χ2n) is 5.17. The number of nitrogens with one attached hydrogen (secondary N) is 1. The van der Waals surface area contributed by atoms with Crippen molar-refractivity contribution in [2.75, 3.05) is 10.5 Å². The number of benzene rings is 1. The topological polar surface area (TPSA) is 84.9 Å². The van der Waals surface area contributed by atoms with Crippen LogP contribution in [0, 0.1) is 5.21 Å². The first-order valence-electron chi connectivity index (χ1n) is 6.72. The summed E-state index contributed by atoms with van der Waals surface area (Å²) in [6.45, 7) is 0. The van der Waals surface area contributed by atoms with Crippen molar-refractivity contribution in [2.45, 2.75) is 30.2 Å². The van der Waals surface area contributed by atoms with Crippen molar-refractivity contribution < 1.29 is 63.0 Å². The molecule has 18 heteroatoms. The summed E-state index contributed by atoms with van der Waals surface area (Å²) in [4.78, 5) is 11.6. The Balaban J connectivity index is 3.42. The molecule has 1 rings (SSSR count). The Bertz CT molecular complexity index is 799. The Morgan fingerprint density at radius 2 is 1.50 bits per heavy atom. The van der Waals surface area contributed by atoms with Crippen LogP contribution in [-0.2, 0) is 9.53 Å². The number of alkyl halides is 11. The Labute approximate surface area is 162 Å². The van der Waals surface area contributed by atoms with Gasteiger partial charge in [-0.15, -0.1) is 0 Å². The van der Waals surface area contributed by atoms with E-state index in [0.29, 0.717) is 18.2 Å². The summed E-state index contributed by atoms with van der Waals surface area (Å²) in [5.74, 6) is -17.2. The van der Waals surface area contributed by atoms with Crippen LogP contribution in [0.15, 0.2) is 18.2 Å². The van der Waals surface area contributed by atoms with E-state index in [1.807, 2.05) is 0 Å². The second-order valence-corrected chi connectivity index (χ2v) is 5.61. The predicted octanol–water partition coefficient (Wildman–Crippen LogP) is 5.01. The fourth-order valence-electron chi connectivity index (χ4n) is 1.61. The van der Waals surface area contributed by atoms with Gasteiger partial charge in [0.05, 0.1) is 11.4 Å². The number of hydrogen-bond acceptors (Lipinski definition) is 5. The Morgan fingerprint density at radius 1 is 1.00 bits per heavy atom. The van der Waals surface area contributed by atoms with Gasteiger partial charge in [-0.05, 0) is 18.2 Å². The molecule has 0 spiro atoms. The Kier molecular flexibility index (Phi) is 6.79. The van der Waals surface area contributed by atoms with Crippen LogP contribution in [-0.4, -0.2) is 41.4 Å². The smallest absolute Gasteiger partial charge is 0.462 e. The molecular formula is C12H5ClF11N2O4-. The van der Waals surface area contributed by atoms with E-state index in [-0.39, 0.29) is 0 Å². The standard InChI is InChI=1S/C12H5ClF11N2O4/c13-4-1-2-5(6(3-4)26(28)29)25-7(27)8(14,10(17,18)19)30-12(23,24)9(15,16)11(20,21)22/h1-3,28H,(H,25,27)/q-1/t8-/m0/s1. The molecule has 1 amide bonds. The number of ether oxygens (including phenoxy) is 1. The zero-order chi connectivity index (χ0) is 23.9. The monoisotopic (exact) mass is 485 g/mol. The van der Waals surface area contributed by atoms with Gasteiger partial charge in [-0.1, -0.05) is 11.6 Å². The lowest BCUT2D eigenvalue weighted by atomic mass is 10.2. The molecule has 0 aliphatic carbocycles. The van der Waals surface area contributed by atoms with E-state index in [9.17, 15) is 58.3 Å². The van der Waals surface area contributed by atoms with Crippen LogP contribution in [0.1, 0.15) is 0 Å². The summed E-state index contributed by atoms with van der Waals surface area (Å²) >= 11 is 5.38. The van der Waals surface area contributed by atoms with Crippen LogP contribution >= 0.6 is 11.6 Å². The number of rotatable bonds is 6. The van der Waals surface area contributed by atoms with E-state index >= 15 is 0 Å². The number of nitrogens with zero attached hydrogens (tertiary/aromatic N) is 1. The van der Waals surface area contributed by atoms with E-state index < -0.39 is 57.8 Å². The average Bonchev–Trinajstić information content (AvgIpc) is 2.53. The highest BCUT2D eigenvalue weighted by Crippen LogP contribution is 2.51. The first-order valence-corrected chi connectivity index (χ1v) is 7.10. The van der Waals surface area contributed by atoms with Gasteiger partial charge in [-0.3, -0.25) is 14.7 Å². The quantitative estimate of drug-likeness (QED) is 0.437. The van der Waals surface area contributed by atoms with Crippen LogP contribution < -0.4 is 10.5 Å². The SMILES string of the molecule is O=C(Nc1ccc(Cl)cc1N([O-])O)[C@](F)(OC(F)(F)C(F)(F)C(F)(F)F)C(F)(F)F. The Hall–Kier alpha value is -2.11. The first-order chi connectivity index (χ1) is 13.2. The van der Waals surface area contributed by atoms with Crippen LogP contribution in [0.25, 0.3) is 0 Å². The molecule has 0 saturated heterocycles. The molecule has 1 atom stereocenters. The maximum absolute atomic E-state index is 14.1. The molecule has 0 unspecified atom stereocenters. The van der Waals surface area contributed by atoms with Gasteiger partial charge in [0.1, 0.15) is 0 Å². The summed E-state index contributed by atoms with van der Waals surface area (Å²) in [6, 6.07) is 1.60. The average molecular weight is 486 g/mol. The van der Waals surface area contributed by atoms with Crippen molar-refractivity contribution >= 4 is 28.9 Å². The molecule has 0 heterocycles. The van der Waals surface area contributed by atoms with E-state index in [4.69, 9.17) is 16.8 Å². The molecular weight excluding hydrogens is 481 g/mol. The number of carbonyl (C=O) groups excluding carboxylic acids is 1. The van der Waals surface area contributed by atoms with Crippen molar-refractivity contribution in [3.05, 3.63) is 28.4 Å². The van der Waals surface area contributed by atoms with E-state index in [1.165, 1.54) is 0 Å². The van der Waals surface area contributed by atoms with E-state index in [2.05, 4.69) is 4.74 Å². The molecule has 0 bridgehead atoms. The summed E-state index contributed by atoms with van der Waals surface area (Å²) in [5, 5.41) is 18.9. The summed E-state index contributed by atoms with van der Waals surface area (Å²) in [6.07, 6.45) is -21.4. The lowest BCUT2D eigenvalue weighted by molar-refractivity contribution is -0.472. The highest BCUT2D eigenvalue weighted by molar-refractivity contribution is 6.31. The zero-order valence-electron chi connectivity index (χ0n) is 13.4. The van der Waals surface area contributed by atoms with Crippen molar-refractivity contribution in [3.63, 3.8) is 0 Å². The minimum Gasteiger partial charge on any atom is -0.733 e. The third-order valence-corrected chi connectivity index (χ3v) is 3.30. The van der Waals surface area contributed by atoms with Crippen molar-refractivity contribution in [3.8, 4) is 0 Å². The third-order valence-electron chi connectivity index (χ3n) is 3.06. The number of anilines is 2. The first kappa shape index (κ1) is 25.9. The van der Waals surface area contributed by atoms with Gasteiger partial charge >= 0.3 is 30.2 Å². The highest BCUT2D eigenvalue weighted by Gasteiger charge is 2.79. The molecule has 0 saturated carbocycles. The number of hydrogen-bond donors (Lipinski definition) is 2. The number of amides is 1. The lowest BCUT2D eigenvalue weighted by Gasteiger charge is -2.34. The second kappa shape index (κ2) is 7.86. The fourth-order valence-corrected chi connectivity index (χ4v) is 1.78. The van der Waals surface area contributed by atoms with Crippen molar-refractivity contribution in [2.24, 2.45) is 0 Å². The van der Waals surface area contributed by atoms with Crippen molar-refractivity contribution in [1.29, 1.82) is 0 Å². The van der Waals surface area contributed by atoms with E-state index in [1.54, 1.807) is 0 Å². The van der Waals surface area contributed by atoms with Crippen LogP contribution in [0.4, 0.5) is 59.7 Å². The summed E-state index contributed by atoms with van der Waals surface area (Å²) < 4.78 is 143. The number of carbonyl (C=O) groups is 1. The molecule has 0 aliphatic heterocycles. The normalized spacial score (nSPS) is 15.5. The largest absolute Gasteiger partial charge is 0.733 e. The van der Waals surface area contributed by atoms with Gasteiger partial charge < -0.3 is 15.8 Å². The molecule has 0 aliphatic rings. The van der Waals surface area contributed by atoms with Gasteiger partial charge in [0.2, 0.25) is 0 Å². The third kappa shape index (κ3) is 4.79. The lowest BCUT2D eigenvalue weighted by Crippen LogP contribution is -2.62. The molecule has 1 aromatic rings.